The number of hydrogen-bond acceptors (Lipinski definition) is 2. The summed E-state index contributed by atoms with van der Waals surface area (Å²) in [5.41, 5.74) is 1.24. The third-order valence-corrected chi connectivity index (χ3v) is 2.16. The van der Waals surface area contributed by atoms with Gasteiger partial charge in [0.2, 0.25) is 0 Å². The molecule has 0 saturated carbocycles. The number of aromatic hydroxyl groups is 1. The van der Waals surface area contributed by atoms with Crippen molar-refractivity contribution >= 4 is 17.9 Å². The Morgan fingerprint density at radius 3 is 2.75 bits per heavy atom. The van der Waals surface area contributed by atoms with Crippen molar-refractivity contribution in [3.8, 4) is 5.75 Å². The number of carbonyl (C=O) groups is 1. The molecule has 0 saturated heterocycles. The molecule has 1 N–H and O–H groups in total. The Balaban J connectivity index is 3.35. The van der Waals surface area contributed by atoms with Crippen LogP contribution in [0, 0.1) is 0 Å². The summed E-state index contributed by atoms with van der Waals surface area (Å²) in [6, 6.07) is 2.98. The number of aldehydes is 1. The molecule has 0 radical (unpaired) electrons. The van der Waals surface area contributed by atoms with Crippen molar-refractivity contribution in [1.82, 2.24) is 0 Å². The number of halogens is 1. The summed E-state index contributed by atoms with van der Waals surface area (Å²) < 4.78 is 0. The van der Waals surface area contributed by atoms with Crippen LogP contribution in [-0.2, 0) is 6.42 Å². The number of phenols is 1. The molecule has 0 bridgehead atoms. The second kappa shape index (κ2) is 3.59. The highest BCUT2D eigenvalue weighted by atomic mass is 35.5. The third-order valence-electron chi connectivity index (χ3n) is 1.74. The Kier molecular flexibility index (Phi) is 2.71. The number of rotatable bonds is 2. The number of hydrogen-bond donors (Lipinski definition) is 1. The molecule has 0 fully saturated rings. The molecule has 0 spiro atoms. The SMILES string of the molecule is CCc1c(C=O)ccc(O)c1Cl. The van der Waals surface area contributed by atoms with Crippen LogP contribution in [0.15, 0.2) is 12.1 Å². The average Bonchev–Trinajstić information content (AvgIpc) is 2.09. The fourth-order valence-corrected chi connectivity index (χ4v) is 1.40. The topological polar surface area (TPSA) is 37.3 Å². The molecule has 0 amide bonds. The van der Waals surface area contributed by atoms with Crippen LogP contribution in [-0.4, -0.2) is 11.4 Å². The zero-order valence-corrected chi connectivity index (χ0v) is 7.43. The highest BCUT2D eigenvalue weighted by Gasteiger charge is 2.08. The van der Waals surface area contributed by atoms with E-state index in [2.05, 4.69) is 0 Å². The van der Waals surface area contributed by atoms with Gasteiger partial charge in [0, 0.05) is 5.56 Å². The highest BCUT2D eigenvalue weighted by molar-refractivity contribution is 6.33. The van der Waals surface area contributed by atoms with E-state index >= 15 is 0 Å². The zero-order chi connectivity index (χ0) is 9.14. The second-order valence-corrected chi connectivity index (χ2v) is 2.82. The summed E-state index contributed by atoms with van der Waals surface area (Å²) in [5, 5.41) is 9.48. The first-order valence-electron chi connectivity index (χ1n) is 3.66. The molecule has 0 aromatic heterocycles. The Hall–Kier alpha value is -1.02. The normalized spacial score (nSPS) is 9.83. The van der Waals surface area contributed by atoms with Gasteiger partial charge in [0.05, 0.1) is 5.02 Å². The van der Waals surface area contributed by atoms with Crippen LogP contribution < -0.4 is 0 Å². The summed E-state index contributed by atoms with van der Waals surface area (Å²) in [7, 11) is 0. The fraction of sp³-hybridized carbons (Fsp3) is 0.222. The molecule has 0 unspecified atom stereocenters. The molecule has 0 aliphatic heterocycles. The van der Waals surface area contributed by atoms with Gasteiger partial charge in [-0.2, -0.15) is 0 Å². The van der Waals surface area contributed by atoms with E-state index in [0.717, 1.165) is 6.29 Å². The van der Waals surface area contributed by atoms with Gasteiger partial charge in [0.15, 0.2) is 0 Å². The summed E-state index contributed by atoms with van der Waals surface area (Å²) >= 11 is 5.77. The van der Waals surface area contributed by atoms with Crippen LogP contribution in [0.3, 0.4) is 0 Å². The maximum absolute atomic E-state index is 10.5. The van der Waals surface area contributed by atoms with Crippen LogP contribution in [0.4, 0.5) is 0 Å². The van der Waals surface area contributed by atoms with Gasteiger partial charge in [-0.1, -0.05) is 18.5 Å². The highest BCUT2D eigenvalue weighted by Crippen LogP contribution is 2.29. The molecule has 3 heteroatoms. The lowest BCUT2D eigenvalue weighted by molar-refractivity contribution is 0.112. The minimum Gasteiger partial charge on any atom is -0.506 e. The standard InChI is InChI=1S/C9H9ClO2/c1-2-7-6(5-11)3-4-8(12)9(7)10/h3-5,12H,2H2,1H3. The quantitative estimate of drug-likeness (QED) is 0.717. The summed E-state index contributed by atoms with van der Waals surface area (Å²) in [6.07, 6.45) is 1.38. The average molecular weight is 185 g/mol. The fourth-order valence-electron chi connectivity index (χ4n) is 1.09. The molecule has 0 aliphatic rings. The first kappa shape index (κ1) is 9.07. The van der Waals surface area contributed by atoms with E-state index < -0.39 is 0 Å². The molecule has 1 aromatic carbocycles. The van der Waals surface area contributed by atoms with E-state index in [1.807, 2.05) is 6.92 Å². The Morgan fingerprint density at radius 1 is 1.58 bits per heavy atom. The van der Waals surface area contributed by atoms with Gasteiger partial charge in [0.1, 0.15) is 12.0 Å². The maximum atomic E-state index is 10.5. The Labute approximate surface area is 75.8 Å². The molecule has 64 valence electrons. The van der Waals surface area contributed by atoms with Crippen molar-refractivity contribution in [1.29, 1.82) is 0 Å². The summed E-state index contributed by atoms with van der Waals surface area (Å²) in [6.45, 7) is 1.88. The van der Waals surface area contributed by atoms with Crippen LogP contribution in [0.25, 0.3) is 0 Å². The summed E-state index contributed by atoms with van der Waals surface area (Å²) in [5.74, 6) is 0.0270. The van der Waals surface area contributed by atoms with Crippen molar-refractivity contribution in [3.05, 3.63) is 28.3 Å². The van der Waals surface area contributed by atoms with Crippen LogP contribution in [0.1, 0.15) is 22.8 Å². The lowest BCUT2D eigenvalue weighted by Crippen LogP contribution is -1.91. The smallest absolute Gasteiger partial charge is 0.150 e. The van der Waals surface area contributed by atoms with Gasteiger partial charge in [-0.05, 0) is 24.1 Å². The van der Waals surface area contributed by atoms with Crippen LogP contribution in [0.5, 0.6) is 5.75 Å². The molecule has 1 rings (SSSR count). The monoisotopic (exact) mass is 184 g/mol. The molecular weight excluding hydrogens is 176 g/mol. The van der Waals surface area contributed by atoms with Gasteiger partial charge in [-0.15, -0.1) is 0 Å². The van der Waals surface area contributed by atoms with Gasteiger partial charge in [-0.25, -0.2) is 0 Å². The molecule has 2 nitrogen and oxygen atoms in total. The van der Waals surface area contributed by atoms with E-state index in [1.165, 1.54) is 6.07 Å². The molecule has 0 heterocycles. The van der Waals surface area contributed by atoms with Crippen molar-refractivity contribution in [2.75, 3.05) is 0 Å². The molecule has 1 aromatic rings. The predicted octanol–water partition coefficient (Wildman–Crippen LogP) is 2.42. The van der Waals surface area contributed by atoms with Crippen molar-refractivity contribution < 1.29 is 9.90 Å². The lowest BCUT2D eigenvalue weighted by Gasteiger charge is -2.05. The second-order valence-electron chi connectivity index (χ2n) is 2.44. The molecule has 12 heavy (non-hydrogen) atoms. The van der Waals surface area contributed by atoms with Crippen molar-refractivity contribution in [2.45, 2.75) is 13.3 Å². The largest absolute Gasteiger partial charge is 0.506 e. The van der Waals surface area contributed by atoms with Gasteiger partial charge >= 0.3 is 0 Å². The van der Waals surface area contributed by atoms with Crippen LogP contribution >= 0.6 is 11.6 Å². The van der Waals surface area contributed by atoms with Gasteiger partial charge < -0.3 is 5.11 Å². The predicted molar refractivity (Wildman–Crippen MR) is 47.9 cm³/mol. The lowest BCUT2D eigenvalue weighted by atomic mass is 10.1. The first-order valence-corrected chi connectivity index (χ1v) is 4.04. The molecular formula is C9H9ClO2. The van der Waals surface area contributed by atoms with Gasteiger partial charge in [0.25, 0.3) is 0 Å². The number of benzene rings is 1. The van der Waals surface area contributed by atoms with E-state index in [4.69, 9.17) is 11.6 Å². The van der Waals surface area contributed by atoms with Crippen molar-refractivity contribution in [2.24, 2.45) is 0 Å². The van der Waals surface area contributed by atoms with Crippen molar-refractivity contribution in [3.63, 3.8) is 0 Å². The zero-order valence-electron chi connectivity index (χ0n) is 6.67. The number of carbonyl (C=O) groups excluding carboxylic acids is 1. The van der Waals surface area contributed by atoms with Gasteiger partial charge in [-0.3, -0.25) is 4.79 Å². The Morgan fingerprint density at radius 2 is 2.25 bits per heavy atom. The van der Waals surface area contributed by atoms with Crippen LogP contribution in [0.2, 0.25) is 5.02 Å². The first-order chi connectivity index (χ1) is 5.70. The minimum atomic E-state index is 0.0270. The van der Waals surface area contributed by atoms with E-state index in [0.29, 0.717) is 17.5 Å². The third kappa shape index (κ3) is 1.43. The Bertz CT molecular complexity index is 308. The minimum absolute atomic E-state index is 0.0270. The van der Waals surface area contributed by atoms with E-state index in [1.54, 1.807) is 6.07 Å². The van der Waals surface area contributed by atoms with E-state index in [9.17, 15) is 9.90 Å². The van der Waals surface area contributed by atoms with E-state index in [-0.39, 0.29) is 10.8 Å². The maximum Gasteiger partial charge on any atom is 0.150 e. The number of phenolic OH excluding ortho intramolecular Hbond substituents is 1. The molecule has 0 aliphatic carbocycles. The summed E-state index contributed by atoms with van der Waals surface area (Å²) in [4.78, 5) is 10.5. The molecule has 0 atom stereocenters.